The second kappa shape index (κ2) is 12.6. The smallest absolute Gasteiger partial charge is 0.261 e. The minimum absolute atomic E-state index is 0.108. The molecule has 5 atom stereocenters. The largest absolute Gasteiger partial charge is 0.490 e. The van der Waals surface area contributed by atoms with E-state index in [1.54, 1.807) is 0 Å². The Morgan fingerprint density at radius 2 is 2.08 bits per heavy atom. The standard InChI is InChI=1S/C33H41ClN2O3S/c1-4-7-22(3)40-35-32(38)24-11-15-31-29(18-24)36(19-25-10-13-27(25)30(37)8-5-2)20-33(21-39-31)16-6-9-23-17-26(34)12-14-28(23)33/h4-5,11-12,14-15,17-18,22,25,27,30,37H,1-2,6-10,13,16,19-21H2,3H3,(H,35,38)/t22-,25-,27+,30-,33-/m0/s1. The molecular weight excluding hydrogens is 540 g/mol. The number of fused-ring (bicyclic) bond motifs is 3. The Hall–Kier alpha value is -2.41. The van der Waals surface area contributed by atoms with Crippen molar-refractivity contribution < 1.29 is 14.6 Å². The van der Waals surface area contributed by atoms with Crippen LogP contribution in [0, 0.1) is 11.8 Å². The Bertz CT molecular complexity index is 1250. The summed E-state index contributed by atoms with van der Waals surface area (Å²) in [5.41, 5.74) is 4.03. The molecule has 0 aromatic heterocycles. The molecule has 7 heteroatoms. The van der Waals surface area contributed by atoms with Crippen LogP contribution < -0.4 is 14.4 Å². The molecule has 5 nitrogen and oxygen atoms in total. The number of nitrogens with zero attached hydrogens (tertiary/aromatic N) is 1. The van der Waals surface area contributed by atoms with Crippen molar-refractivity contribution in [3.63, 3.8) is 0 Å². The highest BCUT2D eigenvalue weighted by atomic mass is 35.5. The van der Waals surface area contributed by atoms with Crippen molar-refractivity contribution in [2.45, 2.75) is 68.6 Å². The van der Waals surface area contributed by atoms with Gasteiger partial charge in [0, 0.05) is 34.3 Å². The van der Waals surface area contributed by atoms with E-state index in [1.807, 2.05) is 36.4 Å². The van der Waals surface area contributed by atoms with E-state index in [0.29, 0.717) is 24.5 Å². The Kier molecular flexibility index (Phi) is 9.18. The summed E-state index contributed by atoms with van der Waals surface area (Å²) in [6.45, 7) is 11.9. The molecule has 1 heterocycles. The summed E-state index contributed by atoms with van der Waals surface area (Å²) in [4.78, 5) is 15.6. The average molecular weight is 581 g/mol. The predicted octanol–water partition coefficient (Wildman–Crippen LogP) is 7.12. The summed E-state index contributed by atoms with van der Waals surface area (Å²) < 4.78 is 9.60. The fourth-order valence-electron chi connectivity index (χ4n) is 6.71. The molecule has 5 rings (SSSR count). The van der Waals surface area contributed by atoms with Gasteiger partial charge in [-0.1, -0.05) is 36.7 Å². The average Bonchev–Trinajstić information content (AvgIpc) is 3.07. The van der Waals surface area contributed by atoms with Crippen molar-refractivity contribution >= 4 is 35.1 Å². The molecule has 2 aromatic rings. The van der Waals surface area contributed by atoms with Crippen LogP contribution in [0.1, 0.15) is 66.9 Å². The van der Waals surface area contributed by atoms with Crippen LogP contribution in [0.3, 0.4) is 0 Å². The van der Waals surface area contributed by atoms with E-state index < -0.39 is 0 Å². The number of carbonyl (C=O) groups excluding carboxylic acids is 1. The van der Waals surface area contributed by atoms with E-state index in [-0.39, 0.29) is 28.6 Å². The van der Waals surface area contributed by atoms with Crippen molar-refractivity contribution in [2.24, 2.45) is 11.8 Å². The fourth-order valence-corrected chi connectivity index (χ4v) is 7.56. The van der Waals surface area contributed by atoms with Crippen LogP contribution >= 0.6 is 23.5 Å². The van der Waals surface area contributed by atoms with Crippen molar-refractivity contribution in [3.8, 4) is 5.75 Å². The van der Waals surface area contributed by atoms with Crippen LogP contribution in [0.15, 0.2) is 61.7 Å². The number of anilines is 1. The minimum Gasteiger partial charge on any atom is -0.490 e. The molecule has 0 unspecified atom stereocenters. The maximum atomic E-state index is 13.2. The molecule has 214 valence electrons. The summed E-state index contributed by atoms with van der Waals surface area (Å²) in [7, 11) is 0. The van der Waals surface area contributed by atoms with Gasteiger partial charge >= 0.3 is 0 Å². The topological polar surface area (TPSA) is 61.8 Å². The Morgan fingerprint density at radius 3 is 2.83 bits per heavy atom. The lowest BCUT2D eigenvalue weighted by Crippen LogP contribution is -2.49. The summed E-state index contributed by atoms with van der Waals surface area (Å²) in [6, 6.07) is 12.1. The van der Waals surface area contributed by atoms with Crippen molar-refractivity contribution in [1.29, 1.82) is 0 Å². The molecule has 1 amide bonds. The quantitative estimate of drug-likeness (QED) is 0.231. The van der Waals surface area contributed by atoms with Gasteiger partial charge in [-0.2, -0.15) is 0 Å². The number of halogens is 1. The predicted molar refractivity (Wildman–Crippen MR) is 167 cm³/mol. The number of hydrogen-bond acceptors (Lipinski definition) is 5. The number of hydrogen-bond donors (Lipinski definition) is 2. The summed E-state index contributed by atoms with van der Waals surface area (Å²) in [5, 5.41) is 11.8. The molecule has 2 aliphatic carbocycles. The Balaban J connectivity index is 1.47. The molecule has 1 fully saturated rings. The number of aliphatic hydroxyl groups excluding tert-OH is 1. The maximum Gasteiger partial charge on any atom is 0.261 e. The number of allylic oxidation sites excluding steroid dienone is 1. The first-order valence-electron chi connectivity index (χ1n) is 14.5. The highest BCUT2D eigenvalue weighted by Gasteiger charge is 2.44. The molecule has 2 N–H and O–H groups in total. The van der Waals surface area contributed by atoms with Gasteiger partial charge in [0.2, 0.25) is 0 Å². The van der Waals surface area contributed by atoms with Gasteiger partial charge in [-0.15, -0.1) is 13.2 Å². The first-order chi connectivity index (χ1) is 19.3. The van der Waals surface area contributed by atoms with Crippen LogP contribution in [0.2, 0.25) is 5.02 Å². The van der Waals surface area contributed by atoms with Gasteiger partial charge in [0.1, 0.15) is 5.75 Å². The monoisotopic (exact) mass is 580 g/mol. The van der Waals surface area contributed by atoms with E-state index in [2.05, 4.69) is 41.8 Å². The van der Waals surface area contributed by atoms with Crippen LogP contribution in [-0.4, -0.2) is 42.1 Å². The van der Waals surface area contributed by atoms with Gasteiger partial charge in [0.05, 0.1) is 18.4 Å². The van der Waals surface area contributed by atoms with Crippen molar-refractivity contribution in [2.75, 3.05) is 24.6 Å². The zero-order valence-electron chi connectivity index (χ0n) is 23.4. The van der Waals surface area contributed by atoms with Gasteiger partial charge < -0.3 is 14.7 Å². The second-order valence-electron chi connectivity index (χ2n) is 11.8. The molecule has 3 aliphatic rings. The number of aryl methyl sites for hydroxylation is 1. The first kappa shape index (κ1) is 29.1. The number of nitrogens with one attached hydrogen (secondary N) is 1. The van der Waals surface area contributed by atoms with Gasteiger partial charge in [-0.25, -0.2) is 0 Å². The summed E-state index contributed by atoms with van der Waals surface area (Å²) in [5.74, 6) is 1.33. The van der Waals surface area contributed by atoms with Crippen LogP contribution in [0.4, 0.5) is 5.69 Å². The molecule has 0 radical (unpaired) electrons. The molecule has 1 saturated carbocycles. The van der Waals surface area contributed by atoms with Gasteiger partial charge in [-0.3, -0.25) is 9.52 Å². The Morgan fingerprint density at radius 1 is 1.25 bits per heavy atom. The number of rotatable bonds is 10. The SMILES string of the molecule is C=CC[C@H](C)SNC(=O)c1ccc2c(c1)N(C[C@@H]1CC[C@H]1[C@@H](O)CC=C)C[C@@]1(CCCc3cc(Cl)ccc31)CO2. The Labute approximate surface area is 248 Å². The molecular formula is C33H41ClN2O3S. The number of ether oxygens (including phenoxy) is 1. The number of carbonyl (C=O) groups is 1. The highest BCUT2D eigenvalue weighted by molar-refractivity contribution is 7.98. The van der Waals surface area contributed by atoms with Gasteiger partial charge in [0.25, 0.3) is 5.91 Å². The van der Waals surface area contributed by atoms with E-state index >= 15 is 0 Å². The van der Waals surface area contributed by atoms with Gasteiger partial charge in [-0.05, 0) is 110 Å². The van der Waals surface area contributed by atoms with E-state index in [9.17, 15) is 9.90 Å². The summed E-state index contributed by atoms with van der Waals surface area (Å²) >= 11 is 7.82. The van der Waals surface area contributed by atoms with Crippen LogP contribution in [0.25, 0.3) is 0 Å². The fraction of sp³-hybridized carbons (Fsp3) is 0.485. The minimum atomic E-state index is -0.364. The van der Waals surface area contributed by atoms with Crippen LogP contribution in [-0.2, 0) is 11.8 Å². The van der Waals surface area contributed by atoms with E-state index in [1.165, 1.54) is 23.1 Å². The lowest BCUT2D eigenvalue weighted by atomic mass is 9.68. The third kappa shape index (κ3) is 6.09. The first-order valence-corrected chi connectivity index (χ1v) is 15.8. The maximum absolute atomic E-state index is 13.2. The zero-order valence-corrected chi connectivity index (χ0v) is 25.0. The van der Waals surface area contributed by atoms with E-state index in [0.717, 1.165) is 68.1 Å². The molecule has 0 saturated heterocycles. The van der Waals surface area contributed by atoms with E-state index in [4.69, 9.17) is 16.3 Å². The molecule has 40 heavy (non-hydrogen) atoms. The lowest BCUT2D eigenvalue weighted by Gasteiger charge is -2.45. The van der Waals surface area contributed by atoms with Gasteiger partial charge in [0.15, 0.2) is 0 Å². The third-order valence-electron chi connectivity index (χ3n) is 8.98. The number of aliphatic hydroxyl groups is 1. The number of amides is 1. The molecule has 1 spiro atoms. The normalized spacial score (nSPS) is 24.9. The second-order valence-corrected chi connectivity index (χ2v) is 13.4. The summed E-state index contributed by atoms with van der Waals surface area (Å²) in [6.07, 6.45) is 10.0. The third-order valence-corrected chi connectivity index (χ3v) is 10.1. The molecule has 1 aliphatic heterocycles. The zero-order chi connectivity index (χ0) is 28.3. The highest BCUT2D eigenvalue weighted by Crippen LogP contribution is 2.46. The number of benzene rings is 2. The molecule has 2 aromatic carbocycles. The van der Waals surface area contributed by atoms with Crippen molar-refractivity contribution in [1.82, 2.24) is 4.72 Å². The molecule has 0 bridgehead atoms. The lowest BCUT2D eigenvalue weighted by molar-refractivity contribution is 0.0178. The van der Waals surface area contributed by atoms with Crippen LogP contribution in [0.5, 0.6) is 5.75 Å². The van der Waals surface area contributed by atoms with Crippen molar-refractivity contribution in [3.05, 3.63) is 83.4 Å².